The van der Waals surface area contributed by atoms with Crippen molar-refractivity contribution in [3.63, 3.8) is 0 Å². The molecular formula is C15H15N3O2S. The Morgan fingerprint density at radius 1 is 1.43 bits per heavy atom. The SMILES string of the molecule is CCOC(=O)C1=C(C)NC(=S)N[C@@H]1c1ccc(C#N)cc1. The fourth-order valence-electron chi connectivity index (χ4n) is 2.17. The number of carbonyl (C=O) groups excluding carboxylic acids is 1. The van der Waals surface area contributed by atoms with Crippen LogP contribution in [-0.4, -0.2) is 17.7 Å². The maximum absolute atomic E-state index is 12.2. The summed E-state index contributed by atoms with van der Waals surface area (Å²) in [6.07, 6.45) is 0. The van der Waals surface area contributed by atoms with E-state index in [4.69, 9.17) is 22.2 Å². The molecule has 2 N–H and O–H groups in total. The van der Waals surface area contributed by atoms with Crippen LogP contribution in [-0.2, 0) is 9.53 Å². The van der Waals surface area contributed by atoms with Gasteiger partial charge in [-0.2, -0.15) is 5.26 Å². The van der Waals surface area contributed by atoms with Crippen molar-refractivity contribution in [2.75, 3.05) is 6.61 Å². The minimum absolute atomic E-state index is 0.306. The molecule has 0 aromatic heterocycles. The van der Waals surface area contributed by atoms with Gasteiger partial charge >= 0.3 is 5.97 Å². The average molecular weight is 301 g/mol. The minimum Gasteiger partial charge on any atom is -0.463 e. The van der Waals surface area contributed by atoms with Crippen LogP contribution < -0.4 is 10.6 Å². The summed E-state index contributed by atoms with van der Waals surface area (Å²) in [5, 5.41) is 15.3. The first-order valence-electron chi connectivity index (χ1n) is 6.52. The smallest absolute Gasteiger partial charge is 0.338 e. The largest absolute Gasteiger partial charge is 0.463 e. The highest BCUT2D eigenvalue weighted by molar-refractivity contribution is 7.80. The predicted molar refractivity (Wildman–Crippen MR) is 82.1 cm³/mol. The number of allylic oxidation sites excluding steroid dienone is 1. The van der Waals surface area contributed by atoms with Crippen LogP contribution in [0.2, 0.25) is 0 Å². The van der Waals surface area contributed by atoms with E-state index in [9.17, 15) is 4.79 Å². The molecule has 0 saturated heterocycles. The monoisotopic (exact) mass is 301 g/mol. The van der Waals surface area contributed by atoms with Gasteiger partial charge < -0.3 is 15.4 Å². The first-order chi connectivity index (χ1) is 10.1. The molecule has 1 aliphatic heterocycles. The molecule has 0 unspecified atom stereocenters. The van der Waals surface area contributed by atoms with Crippen molar-refractivity contribution < 1.29 is 9.53 Å². The number of benzene rings is 1. The summed E-state index contributed by atoms with van der Waals surface area (Å²) >= 11 is 5.15. The van der Waals surface area contributed by atoms with Gasteiger partial charge in [0, 0.05) is 5.70 Å². The lowest BCUT2D eigenvalue weighted by Crippen LogP contribution is -2.45. The molecular weight excluding hydrogens is 286 g/mol. The Morgan fingerprint density at radius 2 is 2.10 bits per heavy atom. The molecule has 0 aliphatic carbocycles. The fraction of sp³-hybridized carbons (Fsp3) is 0.267. The topological polar surface area (TPSA) is 74.2 Å². The number of ether oxygens (including phenoxy) is 1. The molecule has 6 heteroatoms. The Hall–Kier alpha value is -2.39. The zero-order valence-electron chi connectivity index (χ0n) is 11.8. The number of nitriles is 1. The van der Waals surface area contributed by atoms with Crippen molar-refractivity contribution in [2.24, 2.45) is 0 Å². The number of hydrogen-bond donors (Lipinski definition) is 2. The van der Waals surface area contributed by atoms with Crippen LogP contribution in [0.1, 0.15) is 31.0 Å². The first kappa shape index (κ1) is 15.0. The number of thiocarbonyl (C=S) groups is 1. The van der Waals surface area contributed by atoms with Gasteiger partial charge in [0.15, 0.2) is 5.11 Å². The standard InChI is InChI=1S/C15H15N3O2S/c1-3-20-14(19)12-9(2)17-15(21)18-13(12)11-6-4-10(8-16)5-7-11/h4-7,13H,3H2,1-2H3,(H2,17,18,21)/t13-/m1/s1. The third kappa shape index (κ3) is 3.20. The molecule has 0 saturated carbocycles. The molecule has 0 fully saturated rings. The lowest BCUT2D eigenvalue weighted by atomic mass is 9.95. The van der Waals surface area contributed by atoms with Crippen molar-refractivity contribution in [3.8, 4) is 6.07 Å². The summed E-state index contributed by atoms with van der Waals surface area (Å²) in [5.41, 5.74) is 2.58. The zero-order valence-corrected chi connectivity index (χ0v) is 12.6. The van der Waals surface area contributed by atoms with Gasteiger partial charge in [0.2, 0.25) is 0 Å². The number of nitrogens with zero attached hydrogens (tertiary/aromatic N) is 1. The van der Waals surface area contributed by atoms with Crippen LogP contribution in [0.3, 0.4) is 0 Å². The molecule has 108 valence electrons. The Kier molecular flexibility index (Phi) is 4.55. The second kappa shape index (κ2) is 6.37. The molecule has 2 rings (SSSR count). The van der Waals surface area contributed by atoms with E-state index in [0.717, 1.165) is 5.56 Å². The molecule has 1 heterocycles. The highest BCUT2D eigenvalue weighted by atomic mass is 32.1. The second-order valence-corrected chi connectivity index (χ2v) is 4.93. The van der Waals surface area contributed by atoms with Crippen LogP contribution in [0.25, 0.3) is 0 Å². The van der Waals surface area contributed by atoms with Crippen molar-refractivity contribution in [2.45, 2.75) is 19.9 Å². The third-order valence-electron chi connectivity index (χ3n) is 3.14. The molecule has 0 radical (unpaired) electrons. The second-order valence-electron chi connectivity index (χ2n) is 4.52. The molecule has 0 amide bonds. The molecule has 0 spiro atoms. The Balaban J connectivity index is 2.42. The maximum atomic E-state index is 12.2. The highest BCUT2D eigenvalue weighted by Crippen LogP contribution is 2.27. The number of rotatable bonds is 3. The molecule has 1 aromatic carbocycles. The first-order valence-corrected chi connectivity index (χ1v) is 6.93. The van der Waals surface area contributed by atoms with Gasteiger partial charge in [0.05, 0.1) is 29.9 Å². The van der Waals surface area contributed by atoms with Gasteiger partial charge in [0.25, 0.3) is 0 Å². The molecule has 1 atom stereocenters. The Morgan fingerprint density at radius 3 is 2.67 bits per heavy atom. The number of carbonyl (C=O) groups is 1. The summed E-state index contributed by atoms with van der Waals surface area (Å²) in [7, 11) is 0. The summed E-state index contributed by atoms with van der Waals surface area (Å²) < 4.78 is 5.11. The minimum atomic E-state index is -0.384. The van der Waals surface area contributed by atoms with Gasteiger partial charge in [0.1, 0.15) is 0 Å². The number of nitrogens with one attached hydrogen (secondary N) is 2. The van der Waals surface area contributed by atoms with Gasteiger partial charge in [-0.15, -0.1) is 0 Å². The molecule has 1 aliphatic rings. The number of hydrogen-bond acceptors (Lipinski definition) is 4. The van der Waals surface area contributed by atoms with Crippen LogP contribution >= 0.6 is 12.2 Å². The zero-order chi connectivity index (χ0) is 15.4. The van der Waals surface area contributed by atoms with Gasteiger partial charge in [-0.05, 0) is 43.8 Å². The van der Waals surface area contributed by atoms with Gasteiger partial charge in [-0.3, -0.25) is 0 Å². The van der Waals surface area contributed by atoms with E-state index in [0.29, 0.717) is 28.6 Å². The van der Waals surface area contributed by atoms with E-state index >= 15 is 0 Å². The van der Waals surface area contributed by atoms with Crippen molar-refractivity contribution in [1.82, 2.24) is 10.6 Å². The van der Waals surface area contributed by atoms with Gasteiger partial charge in [-0.1, -0.05) is 12.1 Å². The fourth-order valence-corrected chi connectivity index (χ4v) is 2.44. The lowest BCUT2D eigenvalue weighted by molar-refractivity contribution is -0.139. The molecule has 5 nitrogen and oxygen atoms in total. The number of esters is 1. The predicted octanol–water partition coefficient (Wildman–Crippen LogP) is 1.91. The van der Waals surface area contributed by atoms with Crippen molar-refractivity contribution in [3.05, 3.63) is 46.7 Å². The normalized spacial score (nSPS) is 17.6. The average Bonchev–Trinajstić information content (AvgIpc) is 2.46. The van der Waals surface area contributed by atoms with E-state index in [1.807, 2.05) is 0 Å². The Labute approximate surface area is 128 Å². The molecule has 0 bridgehead atoms. The molecule has 1 aromatic rings. The van der Waals surface area contributed by atoms with Crippen molar-refractivity contribution in [1.29, 1.82) is 5.26 Å². The van der Waals surface area contributed by atoms with E-state index in [1.54, 1.807) is 38.1 Å². The van der Waals surface area contributed by atoms with E-state index in [1.165, 1.54) is 0 Å². The van der Waals surface area contributed by atoms with Crippen LogP contribution in [0, 0.1) is 11.3 Å². The Bertz CT molecular complexity index is 644. The molecule has 21 heavy (non-hydrogen) atoms. The summed E-state index contributed by atoms with van der Waals surface area (Å²) in [4.78, 5) is 12.2. The van der Waals surface area contributed by atoms with Crippen LogP contribution in [0.15, 0.2) is 35.5 Å². The van der Waals surface area contributed by atoms with Crippen molar-refractivity contribution >= 4 is 23.3 Å². The quantitative estimate of drug-likeness (QED) is 0.656. The van der Waals surface area contributed by atoms with E-state index in [-0.39, 0.29) is 12.0 Å². The summed E-state index contributed by atoms with van der Waals surface area (Å²) in [6, 6.07) is 8.70. The van der Waals surface area contributed by atoms with Crippen LogP contribution in [0.4, 0.5) is 0 Å². The van der Waals surface area contributed by atoms with Crippen LogP contribution in [0.5, 0.6) is 0 Å². The van der Waals surface area contributed by atoms with Gasteiger partial charge in [-0.25, -0.2) is 4.79 Å². The third-order valence-corrected chi connectivity index (χ3v) is 3.36. The lowest BCUT2D eigenvalue weighted by Gasteiger charge is -2.29. The summed E-state index contributed by atoms with van der Waals surface area (Å²) in [6.45, 7) is 3.86. The van der Waals surface area contributed by atoms with E-state index in [2.05, 4.69) is 16.7 Å². The maximum Gasteiger partial charge on any atom is 0.338 e. The summed E-state index contributed by atoms with van der Waals surface area (Å²) in [5.74, 6) is -0.383. The highest BCUT2D eigenvalue weighted by Gasteiger charge is 2.30. The van der Waals surface area contributed by atoms with E-state index < -0.39 is 0 Å².